The third-order valence-corrected chi connectivity index (χ3v) is 2.57. The topological polar surface area (TPSA) is 29.5 Å². The number of hydrogen-bond acceptors (Lipinski definition) is 2. The van der Waals surface area contributed by atoms with Crippen LogP contribution in [-0.2, 0) is 0 Å². The first-order valence-corrected chi connectivity index (χ1v) is 5.65. The van der Waals surface area contributed by atoms with Crippen LogP contribution in [0.2, 0.25) is 0 Å². The molecule has 2 heteroatoms. The molecule has 16 heavy (non-hydrogen) atoms. The third-order valence-electron chi connectivity index (χ3n) is 2.57. The molecule has 1 aromatic rings. The molecule has 0 aliphatic rings. The zero-order valence-electron chi connectivity index (χ0n) is 10.2. The van der Waals surface area contributed by atoms with E-state index >= 15 is 0 Å². The van der Waals surface area contributed by atoms with E-state index < -0.39 is 6.10 Å². The van der Waals surface area contributed by atoms with Crippen LogP contribution < -0.4 is 4.74 Å². The average Bonchev–Trinajstić information content (AvgIpc) is 2.29. The smallest absolute Gasteiger partial charge is 0.124 e. The molecule has 0 aliphatic heterocycles. The minimum Gasteiger partial charge on any atom is -0.496 e. The summed E-state index contributed by atoms with van der Waals surface area (Å²) in [4.78, 5) is 0. The fourth-order valence-electron chi connectivity index (χ4n) is 1.79. The SMILES string of the molecule is CC/C=C(\C)CC(O)c1ccccc1OC. The summed E-state index contributed by atoms with van der Waals surface area (Å²) in [5.41, 5.74) is 2.06. The lowest BCUT2D eigenvalue weighted by atomic mass is 10.0. The van der Waals surface area contributed by atoms with E-state index in [9.17, 15) is 5.11 Å². The van der Waals surface area contributed by atoms with E-state index in [0.717, 1.165) is 17.7 Å². The van der Waals surface area contributed by atoms with Crippen molar-refractivity contribution in [2.24, 2.45) is 0 Å². The lowest BCUT2D eigenvalue weighted by molar-refractivity contribution is 0.174. The number of allylic oxidation sites excluding steroid dienone is 1. The van der Waals surface area contributed by atoms with Gasteiger partial charge < -0.3 is 9.84 Å². The van der Waals surface area contributed by atoms with Crippen LogP contribution in [0.1, 0.15) is 38.4 Å². The van der Waals surface area contributed by atoms with Gasteiger partial charge in [0.15, 0.2) is 0 Å². The summed E-state index contributed by atoms with van der Waals surface area (Å²) in [6.45, 7) is 4.14. The maximum absolute atomic E-state index is 10.1. The van der Waals surface area contributed by atoms with Gasteiger partial charge >= 0.3 is 0 Å². The first kappa shape index (κ1) is 12.8. The minimum atomic E-state index is -0.487. The van der Waals surface area contributed by atoms with Crippen molar-refractivity contribution in [3.63, 3.8) is 0 Å². The Morgan fingerprint density at radius 1 is 1.44 bits per heavy atom. The van der Waals surface area contributed by atoms with E-state index in [0.29, 0.717) is 6.42 Å². The van der Waals surface area contributed by atoms with Crippen LogP contribution in [0.3, 0.4) is 0 Å². The standard InChI is InChI=1S/C14H20O2/c1-4-7-11(2)10-13(15)12-8-5-6-9-14(12)16-3/h5-9,13,15H,4,10H2,1-3H3/b11-7+. The quantitative estimate of drug-likeness (QED) is 0.770. The molecule has 0 bridgehead atoms. The number of para-hydroxylation sites is 1. The molecular formula is C14H20O2. The number of rotatable bonds is 5. The lowest BCUT2D eigenvalue weighted by Crippen LogP contribution is -2.01. The van der Waals surface area contributed by atoms with Gasteiger partial charge in [0.1, 0.15) is 5.75 Å². The normalized spacial score (nSPS) is 13.6. The maximum atomic E-state index is 10.1. The Balaban J connectivity index is 2.79. The van der Waals surface area contributed by atoms with Crippen LogP contribution in [0.25, 0.3) is 0 Å². The molecule has 0 amide bonds. The largest absolute Gasteiger partial charge is 0.496 e. The number of benzene rings is 1. The number of methoxy groups -OCH3 is 1. The predicted molar refractivity (Wildman–Crippen MR) is 66.6 cm³/mol. The molecule has 0 saturated heterocycles. The molecule has 1 atom stereocenters. The number of aliphatic hydroxyl groups is 1. The van der Waals surface area contributed by atoms with Crippen molar-refractivity contribution in [1.82, 2.24) is 0 Å². The Morgan fingerprint density at radius 2 is 2.12 bits per heavy atom. The highest BCUT2D eigenvalue weighted by molar-refractivity contribution is 5.35. The van der Waals surface area contributed by atoms with Gasteiger partial charge in [0.25, 0.3) is 0 Å². The summed E-state index contributed by atoms with van der Waals surface area (Å²) in [6.07, 6.45) is 3.32. The fraction of sp³-hybridized carbons (Fsp3) is 0.429. The van der Waals surface area contributed by atoms with Crippen LogP contribution in [0.15, 0.2) is 35.9 Å². The molecule has 2 nitrogen and oxygen atoms in total. The minimum absolute atomic E-state index is 0.487. The van der Waals surface area contributed by atoms with Crippen molar-refractivity contribution in [3.8, 4) is 5.75 Å². The van der Waals surface area contributed by atoms with E-state index in [1.165, 1.54) is 5.57 Å². The maximum Gasteiger partial charge on any atom is 0.124 e. The molecule has 0 spiro atoms. The van der Waals surface area contributed by atoms with Crippen LogP contribution in [0.5, 0.6) is 5.75 Å². The Hall–Kier alpha value is -1.28. The molecule has 1 aromatic carbocycles. The Labute approximate surface area is 97.6 Å². The number of ether oxygens (including phenoxy) is 1. The van der Waals surface area contributed by atoms with Gasteiger partial charge in [0.05, 0.1) is 13.2 Å². The molecule has 1 N–H and O–H groups in total. The van der Waals surface area contributed by atoms with Gasteiger partial charge in [-0.25, -0.2) is 0 Å². The third kappa shape index (κ3) is 3.38. The van der Waals surface area contributed by atoms with Crippen LogP contribution in [-0.4, -0.2) is 12.2 Å². The Kier molecular flexibility index (Phi) is 5.06. The first-order chi connectivity index (χ1) is 7.69. The summed E-state index contributed by atoms with van der Waals surface area (Å²) in [5, 5.41) is 10.1. The number of aliphatic hydroxyl groups excluding tert-OH is 1. The lowest BCUT2D eigenvalue weighted by Gasteiger charge is -2.14. The van der Waals surface area contributed by atoms with Crippen molar-refractivity contribution in [3.05, 3.63) is 41.5 Å². The van der Waals surface area contributed by atoms with Gasteiger partial charge in [0, 0.05) is 5.56 Å². The molecule has 1 rings (SSSR count). The van der Waals surface area contributed by atoms with Crippen molar-refractivity contribution in [2.45, 2.75) is 32.8 Å². The molecule has 0 heterocycles. The van der Waals surface area contributed by atoms with Crippen LogP contribution in [0, 0.1) is 0 Å². The molecule has 0 radical (unpaired) electrons. The fourth-order valence-corrected chi connectivity index (χ4v) is 1.79. The van der Waals surface area contributed by atoms with Gasteiger partial charge in [-0.15, -0.1) is 0 Å². The molecule has 0 aromatic heterocycles. The summed E-state index contributed by atoms with van der Waals surface area (Å²) in [7, 11) is 1.63. The second-order valence-electron chi connectivity index (χ2n) is 3.92. The van der Waals surface area contributed by atoms with Gasteiger partial charge in [0.2, 0.25) is 0 Å². The zero-order valence-corrected chi connectivity index (χ0v) is 10.2. The van der Waals surface area contributed by atoms with E-state index in [4.69, 9.17) is 4.74 Å². The molecule has 1 unspecified atom stereocenters. The van der Waals surface area contributed by atoms with Gasteiger partial charge in [-0.2, -0.15) is 0 Å². The van der Waals surface area contributed by atoms with Crippen LogP contribution in [0.4, 0.5) is 0 Å². The van der Waals surface area contributed by atoms with Gasteiger partial charge in [-0.05, 0) is 25.8 Å². The highest BCUT2D eigenvalue weighted by Gasteiger charge is 2.12. The van der Waals surface area contributed by atoms with Crippen molar-refractivity contribution in [1.29, 1.82) is 0 Å². The monoisotopic (exact) mass is 220 g/mol. The van der Waals surface area contributed by atoms with Crippen molar-refractivity contribution < 1.29 is 9.84 Å². The summed E-state index contributed by atoms with van der Waals surface area (Å²) in [5.74, 6) is 0.749. The van der Waals surface area contributed by atoms with E-state index in [2.05, 4.69) is 13.0 Å². The van der Waals surface area contributed by atoms with Crippen LogP contribution >= 0.6 is 0 Å². The second-order valence-corrected chi connectivity index (χ2v) is 3.92. The van der Waals surface area contributed by atoms with Gasteiger partial charge in [-0.3, -0.25) is 0 Å². The molecule has 88 valence electrons. The summed E-state index contributed by atoms with van der Waals surface area (Å²) >= 11 is 0. The molecular weight excluding hydrogens is 200 g/mol. The summed E-state index contributed by atoms with van der Waals surface area (Å²) < 4.78 is 5.23. The van der Waals surface area contributed by atoms with E-state index in [1.54, 1.807) is 7.11 Å². The molecule has 0 aliphatic carbocycles. The highest BCUT2D eigenvalue weighted by atomic mass is 16.5. The Bertz CT molecular complexity index is 356. The summed E-state index contributed by atoms with van der Waals surface area (Å²) in [6, 6.07) is 7.60. The highest BCUT2D eigenvalue weighted by Crippen LogP contribution is 2.28. The van der Waals surface area contributed by atoms with Crippen molar-refractivity contribution >= 4 is 0 Å². The first-order valence-electron chi connectivity index (χ1n) is 5.65. The molecule has 0 saturated carbocycles. The zero-order chi connectivity index (χ0) is 12.0. The molecule has 0 fully saturated rings. The predicted octanol–water partition coefficient (Wildman–Crippen LogP) is 3.48. The number of hydrogen-bond donors (Lipinski definition) is 1. The van der Waals surface area contributed by atoms with Crippen molar-refractivity contribution in [2.75, 3.05) is 7.11 Å². The van der Waals surface area contributed by atoms with E-state index in [1.807, 2.05) is 31.2 Å². The second kappa shape index (κ2) is 6.33. The average molecular weight is 220 g/mol. The van der Waals surface area contributed by atoms with Gasteiger partial charge in [-0.1, -0.05) is 36.8 Å². The van der Waals surface area contributed by atoms with E-state index in [-0.39, 0.29) is 0 Å². The Morgan fingerprint density at radius 3 is 2.75 bits per heavy atom.